The molecule has 8 heteroatoms. The highest BCUT2D eigenvalue weighted by Crippen LogP contribution is 2.33. The summed E-state index contributed by atoms with van der Waals surface area (Å²) in [6.45, 7) is 7.28. The predicted octanol–water partition coefficient (Wildman–Crippen LogP) is 4.00. The molecule has 1 aliphatic heterocycles. The summed E-state index contributed by atoms with van der Waals surface area (Å²) in [4.78, 5) is 14.5. The highest BCUT2D eigenvalue weighted by atomic mass is 16.3. The van der Waals surface area contributed by atoms with Crippen LogP contribution >= 0.6 is 0 Å². The van der Waals surface area contributed by atoms with Crippen LogP contribution in [0, 0.1) is 11.8 Å². The number of aliphatic hydroxyl groups excluding tert-OH is 1. The van der Waals surface area contributed by atoms with Crippen LogP contribution in [0.2, 0.25) is 0 Å². The van der Waals surface area contributed by atoms with Crippen molar-refractivity contribution in [2.75, 3.05) is 45.1 Å². The Hall–Kier alpha value is -2.55. The van der Waals surface area contributed by atoms with E-state index in [0.717, 1.165) is 99.7 Å². The molecule has 6 rings (SSSR count). The third-order valence-electron chi connectivity index (χ3n) is 8.50. The minimum absolute atomic E-state index is 0.143. The number of nitrogens with one attached hydrogen (secondary N) is 1. The van der Waals surface area contributed by atoms with Gasteiger partial charge in [-0.05, 0) is 56.6 Å². The lowest BCUT2D eigenvalue weighted by atomic mass is 9.87. The Labute approximate surface area is 220 Å². The van der Waals surface area contributed by atoms with Crippen LogP contribution in [0.3, 0.4) is 0 Å². The number of benzene rings is 1. The third-order valence-corrected chi connectivity index (χ3v) is 8.50. The van der Waals surface area contributed by atoms with Crippen LogP contribution in [0.1, 0.15) is 50.5 Å². The average molecular weight is 504 g/mol. The molecule has 0 amide bonds. The van der Waals surface area contributed by atoms with Crippen LogP contribution in [-0.2, 0) is 13.1 Å². The summed E-state index contributed by atoms with van der Waals surface area (Å²) in [6, 6.07) is 8.90. The zero-order chi connectivity index (χ0) is 25.2. The Balaban J connectivity index is 1.23. The number of hydrogen-bond acceptors (Lipinski definition) is 7. The number of hydrogen-bond donors (Lipinski definition) is 2. The van der Waals surface area contributed by atoms with Gasteiger partial charge in [-0.2, -0.15) is 10.1 Å². The van der Waals surface area contributed by atoms with Crippen LogP contribution in [0.25, 0.3) is 22.3 Å². The van der Waals surface area contributed by atoms with E-state index in [0.29, 0.717) is 11.9 Å². The average Bonchev–Trinajstić information content (AvgIpc) is 3.68. The van der Waals surface area contributed by atoms with Crippen LogP contribution in [0.15, 0.2) is 30.5 Å². The van der Waals surface area contributed by atoms with Gasteiger partial charge in [0.1, 0.15) is 5.69 Å². The molecule has 2 aromatic heterocycles. The number of anilines is 1. The second-order valence-corrected chi connectivity index (χ2v) is 11.6. The van der Waals surface area contributed by atoms with Gasteiger partial charge in [-0.1, -0.05) is 37.1 Å². The van der Waals surface area contributed by atoms with Gasteiger partial charge in [0.05, 0.1) is 11.5 Å². The summed E-state index contributed by atoms with van der Waals surface area (Å²) in [7, 11) is 2.20. The molecule has 0 radical (unpaired) electrons. The molecule has 2 saturated carbocycles. The number of likely N-dealkylation sites (N-methyl/N-ethyl adjacent to an activating group) is 1. The quantitative estimate of drug-likeness (QED) is 0.457. The van der Waals surface area contributed by atoms with E-state index in [4.69, 9.17) is 10.1 Å². The number of aliphatic hydroxyl groups is 1. The molecule has 3 aliphatic rings. The van der Waals surface area contributed by atoms with Crippen molar-refractivity contribution in [2.24, 2.45) is 11.8 Å². The van der Waals surface area contributed by atoms with E-state index in [1.54, 1.807) is 0 Å². The Bertz CT molecular complexity index is 1170. The second-order valence-electron chi connectivity index (χ2n) is 11.6. The first-order valence-corrected chi connectivity index (χ1v) is 14.3. The minimum atomic E-state index is -0.143. The molecule has 1 saturated heterocycles. The van der Waals surface area contributed by atoms with Gasteiger partial charge in [-0.25, -0.2) is 9.67 Å². The number of piperazine rings is 1. The maximum atomic E-state index is 9.96. The maximum Gasteiger partial charge on any atom is 0.224 e. The third kappa shape index (κ3) is 6.13. The fourth-order valence-corrected chi connectivity index (χ4v) is 5.78. The van der Waals surface area contributed by atoms with Crippen LogP contribution in [0.5, 0.6) is 0 Å². The van der Waals surface area contributed by atoms with Gasteiger partial charge in [0.15, 0.2) is 5.65 Å². The first-order chi connectivity index (χ1) is 18.1. The largest absolute Gasteiger partial charge is 0.393 e. The SMILES string of the molecule is CN1CCN(Cc2ccc(-c3nn(CC4CCC(O)CC4)c4nc(NCCC5CC5)ncc34)cc2)CC1. The number of rotatable bonds is 9. The zero-order valence-electron chi connectivity index (χ0n) is 22.1. The van der Waals surface area contributed by atoms with E-state index in [1.807, 2.05) is 6.20 Å². The van der Waals surface area contributed by atoms with Crippen molar-refractivity contribution >= 4 is 17.0 Å². The lowest BCUT2D eigenvalue weighted by Crippen LogP contribution is -2.43. The van der Waals surface area contributed by atoms with Crippen molar-refractivity contribution in [3.63, 3.8) is 0 Å². The molecular weight excluding hydrogens is 462 g/mol. The monoisotopic (exact) mass is 503 g/mol. The lowest BCUT2D eigenvalue weighted by molar-refractivity contribution is 0.103. The maximum absolute atomic E-state index is 9.96. The minimum Gasteiger partial charge on any atom is -0.393 e. The topological polar surface area (TPSA) is 82.3 Å². The molecule has 0 spiro atoms. The van der Waals surface area contributed by atoms with Crippen molar-refractivity contribution in [1.29, 1.82) is 0 Å². The Kier molecular flexibility index (Phi) is 7.40. The van der Waals surface area contributed by atoms with Gasteiger partial charge in [0, 0.05) is 57.6 Å². The summed E-state index contributed by atoms with van der Waals surface area (Å²) in [5, 5.41) is 19.5. The zero-order valence-corrected chi connectivity index (χ0v) is 22.1. The predicted molar refractivity (Wildman–Crippen MR) is 147 cm³/mol. The molecule has 2 N–H and O–H groups in total. The summed E-state index contributed by atoms with van der Waals surface area (Å²) >= 11 is 0. The fraction of sp³-hybridized carbons (Fsp3) is 0.621. The fourth-order valence-electron chi connectivity index (χ4n) is 5.78. The highest BCUT2D eigenvalue weighted by Gasteiger charge is 2.24. The summed E-state index contributed by atoms with van der Waals surface area (Å²) in [5.74, 6) is 2.10. The van der Waals surface area contributed by atoms with E-state index < -0.39 is 0 Å². The molecule has 8 nitrogen and oxygen atoms in total. The van der Waals surface area contributed by atoms with Crippen LogP contribution in [0.4, 0.5) is 5.95 Å². The second kappa shape index (κ2) is 11.1. The summed E-state index contributed by atoms with van der Waals surface area (Å²) in [6.07, 6.45) is 9.56. The van der Waals surface area contributed by atoms with Crippen LogP contribution in [-0.4, -0.2) is 80.5 Å². The number of fused-ring (bicyclic) bond motifs is 1. The molecular formula is C29H41N7O. The first kappa shape index (κ1) is 24.8. The van der Waals surface area contributed by atoms with Gasteiger partial charge in [-0.15, -0.1) is 0 Å². The molecule has 3 heterocycles. The van der Waals surface area contributed by atoms with Gasteiger partial charge in [0.25, 0.3) is 0 Å². The molecule has 3 fully saturated rings. The van der Waals surface area contributed by atoms with Crippen LogP contribution < -0.4 is 5.32 Å². The molecule has 37 heavy (non-hydrogen) atoms. The Morgan fingerprint density at radius 3 is 2.41 bits per heavy atom. The van der Waals surface area contributed by atoms with Gasteiger partial charge in [-0.3, -0.25) is 4.90 Å². The summed E-state index contributed by atoms with van der Waals surface area (Å²) < 4.78 is 2.10. The normalized spacial score (nSPS) is 23.5. The van der Waals surface area contributed by atoms with E-state index in [2.05, 4.69) is 56.1 Å². The molecule has 2 aliphatic carbocycles. The van der Waals surface area contributed by atoms with Crippen molar-refractivity contribution in [3.05, 3.63) is 36.0 Å². The Morgan fingerprint density at radius 2 is 1.68 bits per heavy atom. The number of nitrogens with zero attached hydrogens (tertiary/aromatic N) is 6. The molecule has 198 valence electrons. The Morgan fingerprint density at radius 1 is 0.946 bits per heavy atom. The first-order valence-electron chi connectivity index (χ1n) is 14.3. The number of aromatic nitrogens is 4. The molecule has 0 atom stereocenters. The molecule has 0 bridgehead atoms. The van der Waals surface area contributed by atoms with Crippen molar-refractivity contribution in [3.8, 4) is 11.3 Å². The smallest absolute Gasteiger partial charge is 0.224 e. The van der Waals surface area contributed by atoms with Gasteiger partial charge < -0.3 is 15.3 Å². The van der Waals surface area contributed by atoms with Crippen molar-refractivity contribution in [1.82, 2.24) is 29.5 Å². The molecule has 1 aromatic carbocycles. The van der Waals surface area contributed by atoms with Gasteiger partial charge in [0.2, 0.25) is 5.95 Å². The van der Waals surface area contributed by atoms with Gasteiger partial charge >= 0.3 is 0 Å². The molecule has 3 aromatic rings. The highest BCUT2D eigenvalue weighted by molar-refractivity contribution is 5.91. The van der Waals surface area contributed by atoms with E-state index >= 15 is 0 Å². The van der Waals surface area contributed by atoms with Crippen molar-refractivity contribution < 1.29 is 5.11 Å². The van der Waals surface area contributed by atoms with E-state index in [1.165, 1.54) is 24.8 Å². The standard InChI is InChI=1S/C29H41N7O/c1-34-14-16-35(17-15-34)19-22-4-8-24(9-5-22)27-26-18-31-29(30-13-12-21-2-3-21)32-28(26)36(33-27)20-23-6-10-25(37)11-7-23/h4-5,8-9,18,21,23,25,37H,2-3,6-7,10-17,19-20H2,1H3,(H,30,31,32). The lowest BCUT2D eigenvalue weighted by Gasteiger charge is -2.32. The van der Waals surface area contributed by atoms with Crippen molar-refractivity contribution in [2.45, 2.75) is 64.1 Å². The van der Waals surface area contributed by atoms with E-state index in [9.17, 15) is 5.11 Å². The molecule has 0 unspecified atom stereocenters. The van der Waals surface area contributed by atoms with E-state index in [-0.39, 0.29) is 6.10 Å². The summed E-state index contributed by atoms with van der Waals surface area (Å²) in [5.41, 5.74) is 4.33.